The Morgan fingerprint density at radius 2 is 1.79 bits per heavy atom. The van der Waals surface area contributed by atoms with Crippen LogP contribution < -0.4 is 25.0 Å². The van der Waals surface area contributed by atoms with Crippen molar-refractivity contribution in [3.63, 3.8) is 0 Å². The lowest BCUT2D eigenvalue weighted by Gasteiger charge is -2.15. The number of nitrogens with one attached hydrogen (secondary N) is 3. The van der Waals surface area contributed by atoms with Gasteiger partial charge in [0.25, 0.3) is 5.91 Å². The Morgan fingerprint density at radius 3 is 2.42 bits per heavy atom. The van der Waals surface area contributed by atoms with Gasteiger partial charge in [-0.3, -0.25) is 9.59 Å². The minimum atomic E-state index is -0.164. The summed E-state index contributed by atoms with van der Waals surface area (Å²) in [7, 11) is 5.11. The summed E-state index contributed by atoms with van der Waals surface area (Å²) in [6.07, 6.45) is 0.873. The number of quaternary nitrogens is 1. The molecular weight excluding hydrogens is 310 g/mol. The second-order valence-corrected chi connectivity index (χ2v) is 5.63. The van der Waals surface area contributed by atoms with E-state index in [0.29, 0.717) is 24.6 Å². The van der Waals surface area contributed by atoms with E-state index in [9.17, 15) is 9.59 Å². The summed E-state index contributed by atoms with van der Waals surface area (Å²) >= 11 is 0. The van der Waals surface area contributed by atoms with E-state index in [1.165, 1.54) is 0 Å². The Bertz CT molecular complexity index is 549. The van der Waals surface area contributed by atoms with Crippen molar-refractivity contribution in [2.24, 2.45) is 0 Å². The monoisotopic (exact) mass is 338 g/mol. The largest absolute Gasteiger partial charge is 0.493 e. The third kappa shape index (κ3) is 6.87. The fourth-order valence-electron chi connectivity index (χ4n) is 2.24. The predicted molar refractivity (Wildman–Crippen MR) is 91.3 cm³/mol. The van der Waals surface area contributed by atoms with E-state index < -0.39 is 0 Å². The number of carbonyl (C=O) groups is 2. The van der Waals surface area contributed by atoms with E-state index in [1.807, 2.05) is 32.2 Å². The average Bonchev–Trinajstić information content (AvgIpc) is 2.57. The maximum Gasteiger partial charge on any atom is 0.275 e. The zero-order valence-corrected chi connectivity index (χ0v) is 14.9. The van der Waals surface area contributed by atoms with Gasteiger partial charge in [0.15, 0.2) is 18.0 Å². The quantitative estimate of drug-likeness (QED) is 0.530. The molecule has 7 nitrogen and oxygen atoms in total. The van der Waals surface area contributed by atoms with Gasteiger partial charge in [-0.05, 0) is 24.6 Å². The molecule has 1 aromatic carbocycles. The van der Waals surface area contributed by atoms with Crippen molar-refractivity contribution < 1.29 is 24.0 Å². The highest BCUT2D eigenvalue weighted by Gasteiger charge is 2.13. The van der Waals surface area contributed by atoms with Crippen molar-refractivity contribution in [3.05, 3.63) is 23.8 Å². The summed E-state index contributed by atoms with van der Waals surface area (Å²) in [6.45, 7) is 3.57. The van der Waals surface area contributed by atoms with Crippen LogP contribution in [0, 0.1) is 0 Å². The first-order valence-corrected chi connectivity index (χ1v) is 8.05. The van der Waals surface area contributed by atoms with Crippen LogP contribution in [-0.2, 0) is 16.1 Å². The molecule has 0 aliphatic rings. The summed E-state index contributed by atoms with van der Waals surface area (Å²) in [4.78, 5) is 24.4. The highest BCUT2D eigenvalue weighted by Crippen LogP contribution is 2.27. The number of amides is 2. The lowest BCUT2D eigenvalue weighted by molar-refractivity contribution is -0.885. The normalized spacial score (nSPS) is 11.5. The second-order valence-electron chi connectivity index (χ2n) is 5.63. The lowest BCUT2D eigenvalue weighted by atomic mass is 10.2. The van der Waals surface area contributed by atoms with Crippen LogP contribution in [0.1, 0.15) is 18.9 Å². The van der Waals surface area contributed by atoms with Gasteiger partial charge in [0.1, 0.15) is 6.54 Å². The third-order valence-electron chi connectivity index (χ3n) is 3.43. The van der Waals surface area contributed by atoms with Crippen molar-refractivity contribution in [3.8, 4) is 11.5 Å². The Labute approximate surface area is 143 Å². The average molecular weight is 338 g/mol. The fraction of sp³-hybridized carbons (Fsp3) is 0.529. The van der Waals surface area contributed by atoms with Crippen LogP contribution in [0.15, 0.2) is 18.2 Å². The number of carbonyl (C=O) groups excluding carboxylic acids is 2. The Morgan fingerprint density at radius 1 is 1.08 bits per heavy atom. The zero-order valence-electron chi connectivity index (χ0n) is 14.9. The number of hydrogen-bond donors (Lipinski definition) is 3. The van der Waals surface area contributed by atoms with Crippen LogP contribution in [0.4, 0.5) is 0 Å². The third-order valence-corrected chi connectivity index (χ3v) is 3.43. The molecule has 0 aliphatic heterocycles. The van der Waals surface area contributed by atoms with Crippen molar-refractivity contribution in [1.29, 1.82) is 0 Å². The number of benzene rings is 1. The minimum Gasteiger partial charge on any atom is -0.493 e. The molecule has 7 heteroatoms. The van der Waals surface area contributed by atoms with Gasteiger partial charge >= 0.3 is 0 Å². The van der Waals surface area contributed by atoms with Gasteiger partial charge in [-0.15, -0.1) is 0 Å². The molecule has 0 heterocycles. The van der Waals surface area contributed by atoms with E-state index >= 15 is 0 Å². The highest BCUT2D eigenvalue weighted by molar-refractivity contribution is 5.84. The van der Waals surface area contributed by atoms with Crippen LogP contribution >= 0.6 is 0 Å². The zero-order chi connectivity index (χ0) is 17.9. The van der Waals surface area contributed by atoms with Crippen molar-refractivity contribution in [2.75, 3.05) is 40.9 Å². The van der Waals surface area contributed by atoms with Gasteiger partial charge in [-0.1, -0.05) is 6.92 Å². The fourth-order valence-corrected chi connectivity index (χ4v) is 2.24. The highest BCUT2D eigenvalue weighted by atomic mass is 16.5. The first-order chi connectivity index (χ1) is 11.5. The number of hydrogen-bond acceptors (Lipinski definition) is 4. The summed E-state index contributed by atoms with van der Waals surface area (Å²) in [6, 6.07) is 5.69. The molecule has 0 fully saturated rings. The summed E-state index contributed by atoms with van der Waals surface area (Å²) in [5.41, 5.74) is 1.04. The maximum absolute atomic E-state index is 11.9. The van der Waals surface area contributed by atoms with Crippen LogP contribution in [0.5, 0.6) is 11.5 Å². The van der Waals surface area contributed by atoms with Gasteiger partial charge in [0, 0.05) is 12.1 Å². The molecule has 0 aromatic heterocycles. The topological polar surface area (TPSA) is 81.1 Å². The molecule has 1 atom stereocenters. The van der Waals surface area contributed by atoms with Crippen LogP contribution in [0.25, 0.3) is 0 Å². The smallest absolute Gasteiger partial charge is 0.275 e. The second kappa shape index (κ2) is 10.5. The Kier molecular flexibility index (Phi) is 8.64. The molecule has 24 heavy (non-hydrogen) atoms. The number of rotatable bonds is 10. The summed E-state index contributed by atoms with van der Waals surface area (Å²) in [5, 5.41) is 5.35. The van der Waals surface area contributed by atoms with Crippen LogP contribution in [-0.4, -0.2) is 52.7 Å². The van der Waals surface area contributed by atoms with E-state index in [4.69, 9.17) is 9.47 Å². The molecule has 0 saturated heterocycles. The first kappa shape index (κ1) is 19.8. The number of methoxy groups -OCH3 is 2. The van der Waals surface area contributed by atoms with Gasteiger partial charge in [0.2, 0.25) is 5.91 Å². The van der Waals surface area contributed by atoms with Crippen molar-refractivity contribution in [2.45, 2.75) is 19.9 Å². The molecule has 2 amide bonds. The number of ether oxygens (including phenoxy) is 2. The van der Waals surface area contributed by atoms with E-state index in [-0.39, 0.29) is 24.9 Å². The standard InChI is InChI=1S/C17H27N3O4/c1-5-8-18-16(21)10-19-17(22)12-20(2)11-13-6-7-14(23-3)15(9-13)24-4/h6-7,9H,5,8,10-12H2,1-4H3,(H,18,21)(H,19,22)/p+1. The van der Waals surface area contributed by atoms with E-state index in [1.54, 1.807) is 14.2 Å². The molecule has 134 valence electrons. The number of likely N-dealkylation sites (N-methyl/N-ethyl adjacent to an activating group) is 1. The lowest BCUT2D eigenvalue weighted by Crippen LogP contribution is -3.08. The van der Waals surface area contributed by atoms with E-state index in [0.717, 1.165) is 16.9 Å². The Hall–Kier alpha value is -2.28. The van der Waals surface area contributed by atoms with E-state index in [2.05, 4.69) is 10.6 Å². The minimum absolute atomic E-state index is 0.0163. The Balaban J connectivity index is 2.44. The van der Waals surface area contributed by atoms with Crippen LogP contribution in [0.3, 0.4) is 0 Å². The molecule has 1 unspecified atom stereocenters. The van der Waals surface area contributed by atoms with Crippen molar-refractivity contribution in [1.82, 2.24) is 10.6 Å². The molecule has 1 rings (SSSR count). The molecule has 3 N–H and O–H groups in total. The summed E-state index contributed by atoms with van der Waals surface area (Å²) < 4.78 is 10.5. The molecule has 0 aliphatic carbocycles. The predicted octanol–water partition coefficient (Wildman–Crippen LogP) is -0.639. The molecule has 1 aromatic rings. The summed E-state index contributed by atoms with van der Waals surface area (Å²) in [5.74, 6) is 1.02. The molecule has 0 radical (unpaired) electrons. The molecule has 0 bridgehead atoms. The molecule has 0 spiro atoms. The van der Waals surface area contributed by atoms with Crippen LogP contribution in [0.2, 0.25) is 0 Å². The SMILES string of the molecule is CCCNC(=O)CNC(=O)C[NH+](C)Cc1ccc(OC)c(OC)c1. The maximum atomic E-state index is 11.9. The first-order valence-electron chi connectivity index (χ1n) is 8.05. The molecular formula is C17H28N3O4+. The van der Waals surface area contributed by atoms with Gasteiger partial charge in [-0.25, -0.2) is 0 Å². The molecule has 0 saturated carbocycles. The van der Waals surface area contributed by atoms with Gasteiger partial charge < -0.3 is 25.0 Å². The van der Waals surface area contributed by atoms with Crippen molar-refractivity contribution >= 4 is 11.8 Å². The van der Waals surface area contributed by atoms with Gasteiger partial charge in [-0.2, -0.15) is 0 Å². The van der Waals surface area contributed by atoms with Gasteiger partial charge in [0.05, 0.1) is 27.8 Å².